The van der Waals surface area contributed by atoms with Crippen molar-refractivity contribution in [3.05, 3.63) is 302 Å². The highest BCUT2D eigenvalue weighted by Gasteiger charge is 2.32. The fourth-order valence-electron chi connectivity index (χ4n) is 16.5. The predicted molar refractivity (Wildman–Crippen MR) is 522 cm³/mol. The maximum absolute atomic E-state index is 14.1. The zero-order valence-electron chi connectivity index (χ0n) is 78.6. The number of carbonyl (C=O) groups is 4. The molecule has 40 heteroatoms. The molecule has 143 heavy (non-hydrogen) atoms. The van der Waals surface area contributed by atoms with E-state index in [1.54, 1.807) is 136 Å². The van der Waals surface area contributed by atoms with Crippen LogP contribution >= 0.6 is 0 Å². The average Bonchev–Trinajstić information content (AvgIpc) is 1.70. The van der Waals surface area contributed by atoms with Crippen LogP contribution in [0.15, 0.2) is 262 Å². The quantitative estimate of drug-likeness (QED) is 0.0507. The number of piperazine rings is 4. The minimum Gasteiger partial charge on any atom is -0.494 e. The minimum atomic E-state index is -0.517. The van der Waals surface area contributed by atoms with E-state index in [1.165, 1.54) is 97.7 Å². The lowest BCUT2D eigenvalue weighted by Crippen LogP contribution is -2.50. The second kappa shape index (κ2) is 45.5. The maximum Gasteiger partial charge on any atom is 0.244 e. The van der Waals surface area contributed by atoms with E-state index in [2.05, 4.69) is 84.9 Å². The van der Waals surface area contributed by atoms with Crippen LogP contribution in [0.4, 0.5) is 49.7 Å². The number of anilines is 4. The van der Waals surface area contributed by atoms with Crippen molar-refractivity contribution in [3.8, 4) is 114 Å². The Kier molecular flexibility index (Phi) is 31.0. The van der Waals surface area contributed by atoms with Crippen molar-refractivity contribution >= 4 is 47.0 Å². The molecule has 0 N–H and O–H groups in total. The molecule has 12 heterocycles. The second-order valence-electron chi connectivity index (χ2n) is 33.2. The van der Waals surface area contributed by atoms with Crippen molar-refractivity contribution in [3.63, 3.8) is 0 Å². The van der Waals surface area contributed by atoms with Crippen LogP contribution in [0.5, 0.6) is 23.1 Å². The summed E-state index contributed by atoms with van der Waals surface area (Å²) >= 11 is 0. The van der Waals surface area contributed by atoms with E-state index in [1.807, 2.05) is 102 Å². The van der Waals surface area contributed by atoms with Crippen molar-refractivity contribution < 1.29 is 64.5 Å². The number of ether oxygens (including phenoxy) is 4. The van der Waals surface area contributed by atoms with Crippen LogP contribution in [-0.4, -0.2) is 265 Å². The van der Waals surface area contributed by atoms with Crippen LogP contribution in [0.3, 0.4) is 0 Å². The van der Waals surface area contributed by atoms with Gasteiger partial charge in [0.1, 0.15) is 67.4 Å². The Morgan fingerprint density at radius 3 is 0.902 bits per heavy atom. The van der Waals surface area contributed by atoms with E-state index in [9.17, 15) is 45.5 Å². The highest BCUT2D eigenvalue weighted by atomic mass is 19.1. The van der Waals surface area contributed by atoms with Gasteiger partial charge in [-0.05, 0) is 164 Å². The number of rotatable bonds is 24. The number of benzene rings is 8. The number of aromatic nitrogens is 18. The summed E-state index contributed by atoms with van der Waals surface area (Å²) in [6.07, 6.45) is 8.39. The highest BCUT2D eigenvalue weighted by molar-refractivity contribution is 5.81. The Labute approximate surface area is 818 Å². The number of hydrogen-bond acceptors (Lipinski definition) is 26. The zero-order valence-corrected chi connectivity index (χ0v) is 78.6. The highest BCUT2D eigenvalue weighted by Crippen LogP contribution is 2.35. The number of amides is 4. The lowest BCUT2D eigenvalue weighted by atomic mass is 10.1. The minimum absolute atomic E-state index is 0.0106. The molecule has 8 aromatic heterocycles. The molecule has 730 valence electrons. The third-order valence-electron chi connectivity index (χ3n) is 24.2. The van der Waals surface area contributed by atoms with Gasteiger partial charge in [-0.25, -0.2) is 94.9 Å². The molecule has 8 aromatic carbocycles. The van der Waals surface area contributed by atoms with E-state index < -0.39 is 17.5 Å². The summed E-state index contributed by atoms with van der Waals surface area (Å²) in [5.41, 5.74) is 5.79. The smallest absolute Gasteiger partial charge is 0.244 e. The van der Waals surface area contributed by atoms with E-state index >= 15 is 0 Å². The molecule has 4 fully saturated rings. The Balaban J connectivity index is 0.000000131. The molecule has 34 nitrogen and oxygen atoms in total. The van der Waals surface area contributed by atoms with Gasteiger partial charge in [-0.15, -0.1) is 20.4 Å². The van der Waals surface area contributed by atoms with Crippen LogP contribution in [0.1, 0.15) is 5.56 Å². The van der Waals surface area contributed by atoms with Crippen molar-refractivity contribution in [1.29, 1.82) is 0 Å². The normalized spacial score (nSPS) is 13.6. The van der Waals surface area contributed by atoms with Gasteiger partial charge in [0.15, 0.2) is 81.3 Å². The fraction of sp³-hybridized carbons (Fsp3) is 0.243. The van der Waals surface area contributed by atoms with Crippen molar-refractivity contribution in [2.75, 3.05) is 153 Å². The second-order valence-corrected chi connectivity index (χ2v) is 33.2. The molecule has 4 saturated heterocycles. The summed E-state index contributed by atoms with van der Waals surface area (Å²) in [6, 6.07) is 63.8. The summed E-state index contributed by atoms with van der Waals surface area (Å²) in [5.74, 6) is 4.44. The van der Waals surface area contributed by atoms with Gasteiger partial charge >= 0.3 is 0 Å². The molecule has 20 rings (SSSR count). The zero-order chi connectivity index (χ0) is 99.4. The molecule has 0 radical (unpaired) electrons. The van der Waals surface area contributed by atoms with E-state index in [-0.39, 0.29) is 84.5 Å². The monoisotopic (exact) mass is 1940 g/mol. The topological polar surface area (TPSA) is 331 Å². The summed E-state index contributed by atoms with van der Waals surface area (Å²) in [7, 11) is 5.71. The number of nitrogens with zero attached hydrogens (tertiary/aromatic N) is 26. The first-order valence-corrected chi connectivity index (χ1v) is 45.9. The summed E-state index contributed by atoms with van der Waals surface area (Å²) in [4.78, 5) is 113. The van der Waals surface area contributed by atoms with Crippen LogP contribution in [0, 0.1) is 41.8 Å². The van der Waals surface area contributed by atoms with Crippen molar-refractivity contribution in [2.45, 2.75) is 33.1 Å². The molecule has 16 aromatic rings. The van der Waals surface area contributed by atoms with Gasteiger partial charge in [0.2, 0.25) is 35.5 Å². The van der Waals surface area contributed by atoms with Gasteiger partial charge in [-0.3, -0.25) is 19.2 Å². The van der Waals surface area contributed by atoms with E-state index in [0.29, 0.717) is 183 Å². The van der Waals surface area contributed by atoms with Gasteiger partial charge < -0.3 is 58.1 Å². The van der Waals surface area contributed by atoms with Gasteiger partial charge in [-0.1, -0.05) is 72.8 Å². The van der Waals surface area contributed by atoms with Gasteiger partial charge in [0.05, 0.1) is 28.4 Å². The first-order valence-electron chi connectivity index (χ1n) is 45.9. The summed E-state index contributed by atoms with van der Waals surface area (Å²) < 4.78 is 110. The van der Waals surface area contributed by atoms with Crippen LogP contribution in [0.2, 0.25) is 0 Å². The standard InChI is InChI=1S/C26H25F2N7O3.C26H24F2N6O2.C26H25FN6O.C25H24FN7O2/c1-37-21-13-18(5-8-20(21)28)26-31-25(17-3-6-19(27)7-4-17)32-35(26)15-24(36)34-11-9-33(10-12-34)22-14-23(38-2)30-16-29-22;1-36-22-16-19(7-10-21(22)28)26-30-25(18-5-8-20(27)9-6-18)31-34(26)17-24(35)33-14-12-32(13-15-33)23-4-2-3-11-29-23;1-19-17-21(10-11-22(19)27)26-29-25(20-7-3-2-4-8-20)30-33(26)18-24(34)32-15-13-31(14-16-32)23-9-5-6-12-28-23;1-35-21-16-19(8-9-20(21)26)24-29-23(18-6-3-2-4-7-18)30-33(24)17-22(34)31-12-14-32(15-13-31)25-27-10-5-11-28-25/h3-8,13-14,16H,9-12,15H2,1-2H3;2-11,16H,12-15,17H2,1H3;2-12,17H,13-16,18H2,1H3;2-11,16H,12-15,17H2,1H3. The van der Waals surface area contributed by atoms with Crippen LogP contribution in [-0.2, 0) is 45.4 Å². The maximum atomic E-state index is 14.1. The lowest BCUT2D eigenvalue weighted by Gasteiger charge is -2.35. The SMILES string of the molecule is COc1cc(-c2nc(-c3ccc(F)cc3)nn2CC(=O)N2CCN(c3ccccn3)CC2)ccc1F.COc1cc(-c2nc(-c3ccccc3)nn2CC(=O)N2CCN(c3ncccn3)CC2)ccc1F.COc1cc(N2CCN(C(=O)Cn3nc(-c4ccc(F)cc4)nc3-c3ccc(F)c(OC)c3)CC2)ncn1.Cc1cc(-c2nc(-c3ccccc3)nn2CC(=O)N2CCN(c3ccccn3)CC2)ccc1F. The molecule has 4 aliphatic heterocycles. The number of aryl methyl sites for hydroxylation is 1. The van der Waals surface area contributed by atoms with Gasteiger partial charge in [0, 0.05) is 180 Å². The molecule has 0 aliphatic carbocycles. The molecule has 0 spiro atoms. The van der Waals surface area contributed by atoms with E-state index in [0.717, 1.165) is 47.2 Å². The molecule has 0 saturated carbocycles. The average molecular weight is 1940 g/mol. The molecule has 0 atom stereocenters. The largest absolute Gasteiger partial charge is 0.494 e. The fourth-order valence-corrected chi connectivity index (χ4v) is 16.5. The Morgan fingerprint density at radius 1 is 0.280 bits per heavy atom. The molecular formula is C103H98F6N26O8. The van der Waals surface area contributed by atoms with Crippen LogP contribution < -0.4 is 38.5 Å². The van der Waals surface area contributed by atoms with Crippen LogP contribution in [0.25, 0.3) is 91.1 Å². The lowest BCUT2D eigenvalue weighted by molar-refractivity contribution is -0.133. The van der Waals surface area contributed by atoms with Crippen molar-refractivity contribution in [2.24, 2.45) is 0 Å². The van der Waals surface area contributed by atoms with Gasteiger partial charge in [0.25, 0.3) is 0 Å². The first kappa shape index (κ1) is 97.3. The number of halogens is 6. The molecule has 0 unspecified atom stereocenters. The van der Waals surface area contributed by atoms with Crippen molar-refractivity contribution in [1.82, 2.24) is 109 Å². The third kappa shape index (κ3) is 23.8. The van der Waals surface area contributed by atoms with E-state index in [4.69, 9.17) is 23.9 Å². The molecule has 0 bridgehead atoms. The third-order valence-corrected chi connectivity index (χ3v) is 24.2. The Bertz CT molecular complexity index is 7050. The predicted octanol–water partition coefficient (Wildman–Crippen LogP) is 13.4. The molecule has 4 amide bonds. The first-order chi connectivity index (χ1) is 69.7. The number of pyridine rings is 2. The molecular weight excluding hydrogens is 1840 g/mol. The number of carbonyl (C=O) groups excluding carboxylic acids is 4. The number of methoxy groups -OCH3 is 4. The number of hydrogen-bond donors (Lipinski definition) is 0. The van der Waals surface area contributed by atoms with Gasteiger partial charge in [-0.2, -0.15) is 0 Å². The Hall–Kier alpha value is -17.4. The molecule has 4 aliphatic rings. The Morgan fingerprint density at radius 2 is 0.580 bits per heavy atom. The summed E-state index contributed by atoms with van der Waals surface area (Å²) in [5, 5.41) is 18.4. The summed E-state index contributed by atoms with van der Waals surface area (Å²) in [6.45, 7) is 11.3.